The van der Waals surface area contributed by atoms with E-state index in [0.29, 0.717) is 13.0 Å². The maximum Gasteiger partial charge on any atom is 0.269 e. The zero-order valence-corrected chi connectivity index (χ0v) is 11.8. The molecule has 0 radical (unpaired) electrons. The quantitative estimate of drug-likeness (QED) is 0.309. The molecule has 0 amide bonds. The van der Waals surface area contributed by atoms with Crippen LogP contribution in [0.1, 0.15) is 16.8 Å². The summed E-state index contributed by atoms with van der Waals surface area (Å²) in [7, 11) is -2.02. The fourth-order valence-electron chi connectivity index (χ4n) is 1.55. The summed E-state index contributed by atoms with van der Waals surface area (Å²) in [6, 6.07) is 4.85. The van der Waals surface area contributed by atoms with Gasteiger partial charge in [-0.05, 0) is 18.6 Å². The molecular weight excluding hydrogens is 286 g/mol. The molecule has 0 aliphatic heterocycles. The van der Waals surface area contributed by atoms with Gasteiger partial charge in [-0.1, -0.05) is 0 Å². The van der Waals surface area contributed by atoms with E-state index in [4.69, 9.17) is 4.74 Å². The monoisotopic (exact) mass is 301 g/mol. The van der Waals surface area contributed by atoms with Gasteiger partial charge in [0.1, 0.15) is 5.75 Å². The third-order valence-corrected chi connectivity index (χ3v) is 4.17. The second-order valence-electron chi connectivity index (χ2n) is 4.17. The molecule has 0 spiro atoms. The Morgan fingerprint density at radius 3 is 2.40 bits per heavy atom. The van der Waals surface area contributed by atoms with Crippen molar-refractivity contribution in [3.8, 4) is 0 Å². The summed E-state index contributed by atoms with van der Waals surface area (Å²) in [4.78, 5) is 21.7. The number of nitro groups is 1. The van der Waals surface area contributed by atoms with Crippen molar-refractivity contribution in [2.24, 2.45) is 0 Å². The number of ether oxygens (including phenoxy) is 1. The topological polar surface area (TPSA) is 104 Å². The van der Waals surface area contributed by atoms with Crippen molar-refractivity contribution in [1.82, 2.24) is 0 Å². The van der Waals surface area contributed by atoms with Gasteiger partial charge in [-0.3, -0.25) is 14.9 Å². The fraction of sp³-hybridized carbons (Fsp3) is 0.417. The first kappa shape index (κ1) is 16.3. The van der Waals surface area contributed by atoms with Crippen LogP contribution < -0.4 is 0 Å². The molecule has 1 aromatic rings. The van der Waals surface area contributed by atoms with Crippen molar-refractivity contribution in [3.63, 3.8) is 0 Å². The Hall–Kier alpha value is -1.80. The standard InChI is InChI=1S/C12H15NO6S/c1-19-7-2-8-20(17,18)9-12(14)10-3-5-11(6-4-10)13(15)16/h3-6H,2,7-9H2,1H3. The van der Waals surface area contributed by atoms with E-state index in [0.717, 1.165) is 0 Å². The first-order valence-electron chi connectivity index (χ1n) is 5.83. The molecule has 0 fully saturated rings. The lowest BCUT2D eigenvalue weighted by Gasteiger charge is -2.03. The predicted molar refractivity (Wildman–Crippen MR) is 72.6 cm³/mol. The van der Waals surface area contributed by atoms with Gasteiger partial charge >= 0.3 is 0 Å². The molecule has 8 heteroatoms. The maximum absolute atomic E-state index is 11.8. The number of carbonyl (C=O) groups is 1. The van der Waals surface area contributed by atoms with E-state index in [1.165, 1.54) is 31.4 Å². The van der Waals surface area contributed by atoms with Crippen LogP contribution in [0.15, 0.2) is 24.3 Å². The average molecular weight is 301 g/mol. The van der Waals surface area contributed by atoms with E-state index >= 15 is 0 Å². The Morgan fingerprint density at radius 2 is 1.90 bits per heavy atom. The van der Waals surface area contributed by atoms with Gasteiger partial charge in [-0.25, -0.2) is 8.42 Å². The van der Waals surface area contributed by atoms with Gasteiger partial charge in [0.15, 0.2) is 15.6 Å². The second-order valence-corrected chi connectivity index (χ2v) is 6.35. The molecule has 1 aromatic carbocycles. The van der Waals surface area contributed by atoms with Crippen molar-refractivity contribution in [3.05, 3.63) is 39.9 Å². The predicted octanol–water partition coefficient (Wildman–Crippen LogP) is 1.23. The van der Waals surface area contributed by atoms with Crippen molar-refractivity contribution < 1.29 is 22.9 Å². The van der Waals surface area contributed by atoms with Crippen LogP contribution in [0.3, 0.4) is 0 Å². The minimum absolute atomic E-state index is 0.125. The number of methoxy groups -OCH3 is 1. The number of nitro benzene ring substituents is 1. The summed E-state index contributed by atoms with van der Waals surface area (Å²) in [5, 5.41) is 10.5. The molecule has 0 aromatic heterocycles. The van der Waals surface area contributed by atoms with Crippen LogP contribution in [0.4, 0.5) is 5.69 Å². The Kier molecular flexibility index (Phi) is 5.78. The molecule has 1 rings (SSSR count). The molecule has 0 bridgehead atoms. The number of Topliss-reactive ketones (excluding diaryl/α,β-unsaturated/α-hetero) is 1. The largest absolute Gasteiger partial charge is 0.385 e. The molecule has 7 nitrogen and oxygen atoms in total. The Bertz CT molecular complexity index is 578. The highest BCUT2D eigenvalue weighted by Gasteiger charge is 2.18. The number of sulfone groups is 1. The Morgan fingerprint density at radius 1 is 1.30 bits per heavy atom. The number of hydrogen-bond donors (Lipinski definition) is 0. The Balaban J connectivity index is 2.68. The molecule has 0 saturated carbocycles. The fourth-order valence-corrected chi connectivity index (χ4v) is 2.82. The van der Waals surface area contributed by atoms with E-state index in [2.05, 4.69) is 0 Å². The smallest absolute Gasteiger partial charge is 0.269 e. The zero-order valence-electron chi connectivity index (χ0n) is 10.9. The highest BCUT2D eigenvalue weighted by molar-refractivity contribution is 7.92. The molecule has 0 heterocycles. The van der Waals surface area contributed by atoms with Crippen molar-refractivity contribution >= 4 is 21.3 Å². The summed E-state index contributed by atoms with van der Waals surface area (Å²) in [6.45, 7) is 0.310. The minimum Gasteiger partial charge on any atom is -0.385 e. The van der Waals surface area contributed by atoms with E-state index in [-0.39, 0.29) is 17.0 Å². The van der Waals surface area contributed by atoms with Crippen LogP contribution in [0.2, 0.25) is 0 Å². The highest BCUT2D eigenvalue weighted by Crippen LogP contribution is 2.13. The van der Waals surface area contributed by atoms with Crippen LogP contribution in [-0.2, 0) is 14.6 Å². The van der Waals surface area contributed by atoms with E-state index in [9.17, 15) is 23.3 Å². The van der Waals surface area contributed by atoms with E-state index < -0.39 is 26.3 Å². The first-order chi connectivity index (χ1) is 9.35. The SMILES string of the molecule is COCCCS(=O)(=O)CC(=O)c1ccc([N+](=O)[O-])cc1. The normalized spacial score (nSPS) is 11.2. The first-order valence-corrected chi connectivity index (χ1v) is 7.65. The Labute approximate surface area is 116 Å². The molecular formula is C12H15NO6S. The van der Waals surface area contributed by atoms with Gasteiger partial charge in [-0.15, -0.1) is 0 Å². The summed E-state index contributed by atoms with van der Waals surface area (Å²) >= 11 is 0. The maximum atomic E-state index is 11.8. The van der Waals surface area contributed by atoms with Crippen LogP contribution >= 0.6 is 0 Å². The van der Waals surface area contributed by atoms with Gasteiger partial charge in [-0.2, -0.15) is 0 Å². The van der Waals surface area contributed by atoms with Gasteiger partial charge in [0, 0.05) is 31.4 Å². The van der Waals surface area contributed by atoms with Gasteiger partial charge in [0.05, 0.1) is 10.7 Å². The third-order valence-electron chi connectivity index (χ3n) is 2.55. The summed E-state index contributed by atoms with van der Waals surface area (Å²) in [6.07, 6.45) is 0.326. The highest BCUT2D eigenvalue weighted by atomic mass is 32.2. The zero-order chi connectivity index (χ0) is 15.2. The van der Waals surface area contributed by atoms with E-state index in [1.54, 1.807) is 0 Å². The molecule has 20 heavy (non-hydrogen) atoms. The number of ketones is 1. The van der Waals surface area contributed by atoms with E-state index in [1.807, 2.05) is 0 Å². The van der Waals surface area contributed by atoms with Crippen LogP contribution in [0, 0.1) is 10.1 Å². The van der Waals surface area contributed by atoms with Gasteiger partial charge < -0.3 is 4.74 Å². The van der Waals surface area contributed by atoms with Crippen molar-refractivity contribution in [2.45, 2.75) is 6.42 Å². The van der Waals surface area contributed by atoms with Crippen LogP contribution in [0.5, 0.6) is 0 Å². The molecule has 0 aliphatic carbocycles. The van der Waals surface area contributed by atoms with Crippen molar-refractivity contribution in [2.75, 3.05) is 25.2 Å². The lowest BCUT2D eigenvalue weighted by atomic mass is 10.1. The molecule has 0 atom stereocenters. The summed E-state index contributed by atoms with van der Waals surface area (Å²) in [5.41, 5.74) is -0.00424. The average Bonchev–Trinajstić information content (AvgIpc) is 2.38. The number of rotatable bonds is 8. The molecule has 0 aliphatic rings. The third kappa shape index (κ3) is 5.06. The van der Waals surface area contributed by atoms with Crippen LogP contribution in [0.25, 0.3) is 0 Å². The van der Waals surface area contributed by atoms with Crippen LogP contribution in [-0.4, -0.2) is 44.3 Å². The van der Waals surface area contributed by atoms with Gasteiger partial charge in [0.2, 0.25) is 0 Å². The molecule has 0 unspecified atom stereocenters. The second kappa shape index (κ2) is 7.11. The summed E-state index contributed by atoms with van der Waals surface area (Å²) < 4.78 is 28.1. The number of non-ortho nitro benzene ring substituents is 1. The van der Waals surface area contributed by atoms with Gasteiger partial charge in [0.25, 0.3) is 5.69 Å². The molecule has 0 saturated heterocycles. The number of benzene rings is 1. The molecule has 0 N–H and O–H groups in total. The lowest BCUT2D eigenvalue weighted by molar-refractivity contribution is -0.384. The number of carbonyl (C=O) groups excluding carboxylic acids is 1. The lowest BCUT2D eigenvalue weighted by Crippen LogP contribution is -2.19. The van der Waals surface area contributed by atoms with Crippen molar-refractivity contribution in [1.29, 1.82) is 0 Å². The minimum atomic E-state index is -3.49. The number of hydrogen-bond acceptors (Lipinski definition) is 6. The molecule has 110 valence electrons. The summed E-state index contributed by atoms with van der Waals surface area (Å²) in [5.74, 6) is -1.30. The number of nitrogens with zero attached hydrogens (tertiary/aromatic N) is 1.